The highest BCUT2D eigenvalue weighted by Crippen LogP contribution is 2.39. The van der Waals surface area contributed by atoms with Gasteiger partial charge in [-0.15, -0.1) is 0 Å². The second-order valence-electron chi connectivity index (χ2n) is 6.87. The van der Waals surface area contributed by atoms with E-state index in [-0.39, 0.29) is 5.82 Å². The highest BCUT2D eigenvalue weighted by Gasteiger charge is 2.15. The summed E-state index contributed by atoms with van der Waals surface area (Å²) in [5.41, 5.74) is 2.81. The summed E-state index contributed by atoms with van der Waals surface area (Å²) in [4.78, 5) is 7.80. The van der Waals surface area contributed by atoms with Gasteiger partial charge in [-0.1, -0.05) is 0 Å². The Kier molecular flexibility index (Phi) is 7.59. The molecule has 1 heterocycles. The average molecular weight is 429 g/mol. The average Bonchev–Trinajstić information content (AvgIpc) is 3.18. The lowest BCUT2D eigenvalue weighted by atomic mass is 10.1. The Morgan fingerprint density at radius 1 is 1.00 bits per heavy atom. The van der Waals surface area contributed by atoms with E-state index in [0.717, 1.165) is 35.0 Å². The minimum absolute atomic E-state index is 0.244. The number of methoxy groups -OCH3 is 3. The number of halogens is 1. The highest BCUT2D eigenvalue weighted by atomic mass is 19.1. The SMILES string of the molecule is CCNC(=NCc1ccc(OC)c(OC)c1OC)NCCc1c[nH]c2cc(F)ccc12. The lowest BCUT2D eigenvalue weighted by molar-refractivity contribution is 0.322. The minimum Gasteiger partial charge on any atom is -0.493 e. The monoisotopic (exact) mass is 428 g/mol. The van der Waals surface area contributed by atoms with E-state index in [2.05, 4.69) is 20.6 Å². The molecule has 0 bridgehead atoms. The molecule has 0 saturated heterocycles. The van der Waals surface area contributed by atoms with E-state index in [9.17, 15) is 4.39 Å². The summed E-state index contributed by atoms with van der Waals surface area (Å²) >= 11 is 0. The topological polar surface area (TPSA) is 79.9 Å². The molecule has 0 radical (unpaired) electrons. The maximum atomic E-state index is 13.4. The Bertz CT molecular complexity index is 1050. The van der Waals surface area contributed by atoms with Crippen LogP contribution >= 0.6 is 0 Å². The van der Waals surface area contributed by atoms with Gasteiger partial charge in [-0.3, -0.25) is 0 Å². The van der Waals surface area contributed by atoms with Crippen molar-refractivity contribution >= 4 is 16.9 Å². The summed E-state index contributed by atoms with van der Waals surface area (Å²) < 4.78 is 29.7. The maximum Gasteiger partial charge on any atom is 0.203 e. The van der Waals surface area contributed by atoms with Crippen molar-refractivity contribution in [3.63, 3.8) is 0 Å². The second kappa shape index (κ2) is 10.6. The van der Waals surface area contributed by atoms with Crippen molar-refractivity contribution < 1.29 is 18.6 Å². The second-order valence-corrected chi connectivity index (χ2v) is 6.87. The van der Waals surface area contributed by atoms with Crippen molar-refractivity contribution in [2.45, 2.75) is 19.9 Å². The number of aromatic nitrogens is 1. The van der Waals surface area contributed by atoms with Crippen molar-refractivity contribution in [2.75, 3.05) is 34.4 Å². The van der Waals surface area contributed by atoms with Gasteiger partial charge in [-0.25, -0.2) is 9.38 Å². The van der Waals surface area contributed by atoms with Gasteiger partial charge in [0, 0.05) is 35.8 Å². The van der Waals surface area contributed by atoms with Crippen LogP contribution in [0, 0.1) is 5.82 Å². The van der Waals surface area contributed by atoms with E-state index in [1.807, 2.05) is 25.3 Å². The van der Waals surface area contributed by atoms with Gasteiger partial charge in [-0.2, -0.15) is 0 Å². The first-order chi connectivity index (χ1) is 15.1. The Morgan fingerprint density at radius 2 is 1.81 bits per heavy atom. The molecular weight excluding hydrogens is 399 g/mol. The largest absolute Gasteiger partial charge is 0.493 e. The van der Waals surface area contributed by atoms with E-state index in [4.69, 9.17) is 14.2 Å². The number of fused-ring (bicyclic) bond motifs is 1. The Labute approximate surface area is 181 Å². The molecule has 31 heavy (non-hydrogen) atoms. The van der Waals surface area contributed by atoms with E-state index in [1.165, 1.54) is 12.1 Å². The molecule has 0 aliphatic rings. The molecule has 0 amide bonds. The molecule has 2 aromatic carbocycles. The fourth-order valence-corrected chi connectivity index (χ4v) is 3.47. The van der Waals surface area contributed by atoms with E-state index < -0.39 is 0 Å². The fourth-order valence-electron chi connectivity index (χ4n) is 3.47. The molecule has 0 saturated carbocycles. The molecule has 0 spiro atoms. The molecule has 3 rings (SSSR count). The van der Waals surface area contributed by atoms with Crippen molar-refractivity contribution in [2.24, 2.45) is 4.99 Å². The van der Waals surface area contributed by atoms with Crippen LogP contribution in [0.4, 0.5) is 4.39 Å². The Morgan fingerprint density at radius 3 is 2.52 bits per heavy atom. The molecule has 0 atom stereocenters. The van der Waals surface area contributed by atoms with Crippen LogP contribution < -0.4 is 24.8 Å². The molecular formula is C23H29FN4O3. The van der Waals surface area contributed by atoms with Crippen LogP contribution in [0.15, 0.2) is 41.5 Å². The van der Waals surface area contributed by atoms with E-state index >= 15 is 0 Å². The maximum absolute atomic E-state index is 13.4. The van der Waals surface area contributed by atoms with Gasteiger partial charge >= 0.3 is 0 Å². The van der Waals surface area contributed by atoms with Gasteiger partial charge in [-0.05, 0) is 49.2 Å². The zero-order chi connectivity index (χ0) is 22.2. The van der Waals surface area contributed by atoms with Crippen molar-refractivity contribution in [3.05, 3.63) is 53.5 Å². The van der Waals surface area contributed by atoms with Crippen LogP contribution in [0.1, 0.15) is 18.1 Å². The van der Waals surface area contributed by atoms with Crippen LogP contribution in [0.5, 0.6) is 17.2 Å². The lowest BCUT2D eigenvalue weighted by Gasteiger charge is -2.15. The molecule has 0 aliphatic heterocycles. The molecule has 1 aromatic heterocycles. The summed E-state index contributed by atoms with van der Waals surface area (Å²) in [7, 11) is 4.77. The van der Waals surface area contributed by atoms with Gasteiger partial charge in [0.1, 0.15) is 5.82 Å². The summed E-state index contributed by atoms with van der Waals surface area (Å²) in [6.07, 6.45) is 2.69. The van der Waals surface area contributed by atoms with Crippen LogP contribution in [-0.4, -0.2) is 45.4 Å². The highest BCUT2D eigenvalue weighted by molar-refractivity contribution is 5.83. The molecule has 3 aromatic rings. The molecule has 7 nitrogen and oxygen atoms in total. The first kappa shape index (κ1) is 22.3. The minimum atomic E-state index is -0.244. The van der Waals surface area contributed by atoms with Crippen LogP contribution in [0.2, 0.25) is 0 Å². The third-order valence-electron chi connectivity index (χ3n) is 4.95. The number of nitrogens with zero attached hydrogens (tertiary/aromatic N) is 1. The number of guanidine groups is 1. The predicted molar refractivity (Wildman–Crippen MR) is 121 cm³/mol. The van der Waals surface area contributed by atoms with Gasteiger partial charge in [0.15, 0.2) is 17.5 Å². The van der Waals surface area contributed by atoms with Gasteiger partial charge in [0.25, 0.3) is 0 Å². The Balaban J connectivity index is 1.69. The number of hydrogen-bond donors (Lipinski definition) is 3. The van der Waals surface area contributed by atoms with Gasteiger partial charge < -0.3 is 29.8 Å². The standard InChI is InChI=1S/C23H29FN4O3/c1-5-25-23(26-11-10-15-13-27-19-12-17(24)7-8-18(15)19)28-14-16-6-9-20(29-2)22(31-4)21(16)30-3/h6-9,12-13,27H,5,10-11,14H2,1-4H3,(H2,25,26,28). The number of aromatic amines is 1. The van der Waals surface area contributed by atoms with E-state index in [1.54, 1.807) is 27.4 Å². The van der Waals surface area contributed by atoms with Crippen molar-refractivity contribution in [3.8, 4) is 17.2 Å². The number of benzene rings is 2. The van der Waals surface area contributed by atoms with E-state index in [0.29, 0.717) is 36.3 Å². The number of aliphatic imine (C=N–C) groups is 1. The van der Waals surface area contributed by atoms with Crippen molar-refractivity contribution in [1.29, 1.82) is 0 Å². The first-order valence-electron chi connectivity index (χ1n) is 10.2. The molecule has 0 fully saturated rings. The summed E-state index contributed by atoms with van der Waals surface area (Å²) in [6, 6.07) is 8.55. The third-order valence-corrected chi connectivity index (χ3v) is 4.95. The van der Waals surface area contributed by atoms with Crippen LogP contribution in [0.3, 0.4) is 0 Å². The third kappa shape index (κ3) is 5.20. The molecule has 0 aliphatic carbocycles. The summed E-state index contributed by atoms with van der Waals surface area (Å²) in [5, 5.41) is 7.63. The normalized spacial score (nSPS) is 11.5. The number of ether oxygens (including phenoxy) is 3. The quantitative estimate of drug-likeness (QED) is 0.358. The summed E-state index contributed by atoms with van der Waals surface area (Å²) in [5.74, 6) is 2.21. The number of nitrogens with one attached hydrogen (secondary N) is 3. The molecule has 166 valence electrons. The lowest BCUT2D eigenvalue weighted by Crippen LogP contribution is -2.38. The van der Waals surface area contributed by atoms with Crippen LogP contribution in [0.25, 0.3) is 10.9 Å². The number of H-pyrrole nitrogens is 1. The van der Waals surface area contributed by atoms with Crippen LogP contribution in [-0.2, 0) is 13.0 Å². The van der Waals surface area contributed by atoms with Crippen molar-refractivity contribution in [1.82, 2.24) is 15.6 Å². The predicted octanol–water partition coefficient (Wildman–Crippen LogP) is 3.63. The molecule has 3 N–H and O–H groups in total. The zero-order valence-corrected chi connectivity index (χ0v) is 18.3. The zero-order valence-electron chi connectivity index (χ0n) is 18.3. The first-order valence-corrected chi connectivity index (χ1v) is 10.2. The smallest absolute Gasteiger partial charge is 0.203 e. The van der Waals surface area contributed by atoms with Gasteiger partial charge in [0.2, 0.25) is 5.75 Å². The molecule has 8 heteroatoms. The fraction of sp³-hybridized carbons (Fsp3) is 0.348. The molecule has 0 unspecified atom stereocenters. The Hall–Kier alpha value is -3.42. The summed E-state index contributed by atoms with van der Waals surface area (Å²) in [6.45, 7) is 3.84. The van der Waals surface area contributed by atoms with Gasteiger partial charge in [0.05, 0.1) is 27.9 Å². The number of hydrogen-bond acceptors (Lipinski definition) is 4. The number of rotatable bonds is 9.